The molecule has 3 aromatic rings. The van der Waals surface area contributed by atoms with Crippen molar-refractivity contribution in [3.05, 3.63) is 39.8 Å². The number of fused-ring (bicyclic) bond motifs is 1. The van der Waals surface area contributed by atoms with Crippen molar-refractivity contribution in [3.8, 4) is 0 Å². The summed E-state index contributed by atoms with van der Waals surface area (Å²) < 4.78 is 1.23. The first kappa shape index (κ1) is 12.6. The van der Waals surface area contributed by atoms with Crippen molar-refractivity contribution in [3.63, 3.8) is 0 Å². The molecule has 2 heterocycles. The van der Waals surface area contributed by atoms with Crippen molar-refractivity contribution < 1.29 is 0 Å². The Balaban J connectivity index is 1.65. The molecule has 0 fully saturated rings. The Bertz CT molecular complexity index is 700. The van der Waals surface area contributed by atoms with Crippen LogP contribution in [-0.4, -0.2) is 16.5 Å². The molecule has 0 atom stereocenters. The fraction of sp³-hybridized carbons (Fsp3) is 0.286. The van der Waals surface area contributed by atoms with Gasteiger partial charge in [-0.3, -0.25) is 0 Å². The lowest BCUT2D eigenvalue weighted by molar-refractivity contribution is 0.985. The fourth-order valence-corrected chi connectivity index (χ4v) is 3.55. The molecule has 0 bridgehead atoms. The van der Waals surface area contributed by atoms with Gasteiger partial charge in [-0.2, -0.15) is 0 Å². The average Bonchev–Trinajstić information content (AvgIpc) is 2.95. The summed E-state index contributed by atoms with van der Waals surface area (Å²) in [6.07, 6.45) is 0.952. The minimum absolute atomic E-state index is 0.881. The number of aromatic nitrogens is 2. The van der Waals surface area contributed by atoms with Crippen molar-refractivity contribution >= 4 is 38.0 Å². The predicted octanol–water partition coefficient (Wildman–Crippen LogP) is 4.02. The molecule has 0 amide bonds. The van der Waals surface area contributed by atoms with E-state index < -0.39 is 0 Å². The largest absolute Gasteiger partial charge is 0.361 e. The van der Waals surface area contributed by atoms with E-state index in [1.807, 2.05) is 6.92 Å². The van der Waals surface area contributed by atoms with Crippen molar-refractivity contribution in [2.24, 2.45) is 0 Å². The Morgan fingerprint density at radius 3 is 2.89 bits per heavy atom. The number of hydrogen-bond donors (Lipinski definition) is 1. The van der Waals surface area contributed by atoms with Gasteiger partial charge >= 0.3 is 0 Å². The number of hydrogen-bond acceptors (Lipinski definition) is 5. The molecule has 1 aromatic carbocycles. The second-order valence-electron chi connectivity index (χ2n) is 4.55. The van der Waals surface area contributed by atoms with Gasteiger partial charge in [0.15, 0.2) is 5.13 Å². The van der Waals surface area contributed by atoms with Crippen LogP contribution in [0.3, 0.4) is 0 Å². The van der Waals surface area contributed by atoms with E-state index in [0.717, 1.165) is 29.3 Å². The second kappa shape index (κ2) is 5.27. The van der Waals surface area contributed by atoms with Gasteiger partial charge in [0.2, 0.25) is 0 Å². The van der Waals surface area contributed by atoms with Crippen molar-refractivity contribution in [1.82, 2.24) is 9.97 Å². The van der Waals surface area contributed by atoms with Crippen LogP contribution in [0.25, 0.3) is 10.2 Å². The molecule has 5 heteroatoms. The third kappa shape index (κ3) is 2.93. The summed E-state index contributed by atoms with van der Waals surface area (Å²) in [6, 6.07) is 6.39. The van der Waals surface area contributed by atoms with Crippen molar-refractivity contribution in [1.29, 1.82) is 0 Å². The average molecular weight is 289 g/mol. The third-order valence-corrected chi connectivity index (χ3v) is 4.85. The van der Waals surface area contributed by atoms with Crippen LogP contribution < -0.4 is 5.32 Å². The van der Waals surface area contributed by atoms with Crippen LogP contribution in [-0.2, 0) is 6.42 Å². The first-order chi connectivity index (χ1) is 9.20. The highest BCUT2D eigenvalue weighted by Crippen LogP contribution is 2.26. The van der Waals surface area contributed by atoms with Crippen LogP contribution in [0.5, 0.6) is 0 Å². The minimum Gasteiger partial charge on any atom is -0.361 e. The van der Waals surface area contributed by atoms with Gasteiger partial charge in [0.05, 0.1) is 15.2 Å². The Hall–Kier alpha value is -1.46. The monoisotopic (exact) mass is 289 g/mol. The van der Waals surface area contributed by atoms with Crippen molar-refractivity contribution in [2.45, 2.75) is 20.3 Å². The molecule has 0 aliphatic carbocycles. The van der Waals surface area contributed by atoms with Crippen LogP contribution in [0.2, 0.25) is 0 Å². The molecule has 3 rings (SSSR count). The molecule has 0 unspecified atom stereocenters. The highest BCUT2D eigenvalue weighted by molar-refractivity contribution is 7.22. The lowest BCUT2D eigenvalue weighted by Crippen LogP contribution is -2.04. The second-order valence-corrected chi connectivity index (χ2v) is 6.52. The number of benzene rings is 1. The summed E-state index contributed by atoms with van der Waals surface area (Å²) in [5.41, 5.74) is 3.44. The lowest BCUT2D eigenvalue weighted by Gasteiger charge is -1.99. The molecule has 3 nitrogen and oxygen atoms in total. The maximum absolute atomic E-state index is 4.60. The molecular weight excluding hydrogens is 274 g/mol. The smallest absolute Gasteiger partial charge is 0.183 e. The lowest BCUT2D eigenvalue weighted by atomic mass is 10.2. The molecule has 0 saturated heterocycles. The Labute approximate surface area is 120 Å². The highest BCUT2D eigenvalue weighted by atomic mass is 32.1. The van der Waals surface area contributed by atoms with Crippen molar-refractivity contribution in [2.75, 3.05) is 11.9 Å². The van der Waals surface area contributed by atoms with Crippen LogP contribution in [0.15, 0.2) is 23.6 Å². The van der Waals surface area contributed by atoms with E-state index in [4.69, 9.17) is 0 Å². The summed E-state index contributed by atoms with van der Waals surface area (Å²) in [4.78, 5) is 9.06. The highest BCUT2D eigenvalue weighted by Gasteiger charge is 2.04. The van der Waals surface area contributed by atoms with E-state index in [1.54, 1.807) is 22.7 Å². The normalized spacial score (nSPS) is 11.1. The molecule has 98 valence electrons. The summed E-state index contributed by atoms with van der Waals surface area (Å²) in [7, 11) is 0. The molecule has 0 radical (unpaired) electrons. The van der Waals surface area contributed by atoms with Gasteiger partial charge in [0, 0.05) is 24.0 Å². The number of rotatable bonds is 4. The van der Waals surface area contributed by atoms with Crippen LogP contribution in [0, 0.1) is 13.8 Å². The number of thiazole rings is 2. The maximum atomic E-state index is 4.60. The first-order valence-corrected chi connectivity index (χ1v) is 7.92. The Morgan fingerprint density at radius 1 is 1.21 bits per heavy atom. The van der Waals surface area contributed by atoms with E-state index in [2.05, 4.69) is 45.8 Å². The molecular formula is C14H15N3S2. The van der Waals surface area contributed by atoms with Gasteiger partial charge in [0.1, 0.15) is 0 Å². The van der Waals surface area contributed by atoms with Gasteiger partial charge in [-0.25, -0.2) is 9.97 Å². The van der Waals surface area contributed by atoms with E-state index >= 15 is 0 Å². The molecule has 1 N–H and O–H groups in total. The SMILES string of the molecule is Cc1ccc2sc(NCCc3nc(C)cs3)nc2c1. The zero-order valence-electron chi connectivity index (χ0n) is 10.9. The van der Waals surface area contributed by atoms with Gasteiger partial charge in [-0.05, 0) is 31.5 Å². The van der Waals surface area contributed by atoms with E-state index in [9.17, 15) is 0 Å². The van der Waals surface area contributed by atoms with Crippen LogP contribution in [0.4, 0.5) is 5.13 Å². The van der Waals surface area contributed by atoms with E-state index in [0.29, 0.717) is 0 Å². The van der Waals surface area contributed by atoms with Gasteiger partial charge in [-0.15, -0.1) is 11.3 Å². The topological polar surface area (TPSA) is 37.8 Å². The fourth-order valence-electron chi connectivity index (χ4n) is 1.91. The Kier molecular flexibility index (Phi) is 3.48. The number of nitrogens with zero attached hydrogens (tertiary/aromatic N) is 2. The minimum atomic E-state index is 0.881. The molecule has 19 heavy (non-hydrogen) atoms. The van der Waals surface area contributed by atoms with E-state index in [1.165, 1.54) is 15.3 Å². The van der Waals surface area contributed by atoms with Gasteiger partial charge in [-0.1, -0.05) is 17.4 Å². The van der Waals surface area contributed by atoms with Gasteiger partial charge in [0.25, 0.3) is 0 Å². The molecule has 0 aliphatic rings. The van der Waals surface area contributed by atoms with Gasteiger partial charge < -0.3 is 5.32 Å². The molecule has 0 spiro atoms. The third-order valence-electron chi connectivity index (χ3n) is 2.82. The zero-order valence-corrected chi connectivity index (χ0v) is 12.6. The maximum Gasteiger partial charge on any atom is 0.183 e. The predicted molar refractivity (Wildman–Crippen MR) is 83.4 cm³/mol. The number of anilines is 1. The van der Waals surface area contributed by atoms with Crippen LogP contribution in [0.1, 0.15) is 16.3 Å². The summed E-state index contributed by atoms with van der Waals surface area (Å²) in [5.74, 6) is 0. The molecule has 0 saturated carbocycles. The molecule has 2 aromatic heterocycles. The number of aryl methyl sites for hydroxylation is 2. The van der Waals surface area contributed by atoms with E-state index in [-0.39, 0.29) is 0 Å². The zero-order chi connectivity index (χ0) is 13.2. The molecule has 0 aliphatic heterocycles. The van der Waals surface area contributed by atoms with Crippen LogP contribution >= 0.6 is 22.7 Å². The summed E-state index contributed by atoms with van der Waals surface area (Å²) in [6.45, 7) is 5.01. The standard InChI is InChI=1S/C14H15N3S2/c1-9-3-4-12-11(7-9)17-14(19-12)15-6-5-13-16-10(2)8-18-13/h3-4,7-8H,5-6H2,1-2H3,(H,15,17). The quantitative estimate of drug-likeness (QED) is 0.788. The first-order valence-electron chi connectivity index (χ1n) is 6.23. The summed E-state index contributed by atoms with van der Waals surface area (Å²) >= 11 is 3.43. The summed E-state index contributed by atoms with van der Waals surface area (Å²) in [5, 5.41) is 7.66. The number of nitrogens with one attached hydrogen (secondary N) is 1. The Morgan fingerprint density at radius 2 is 2.11 bits per heavy atom.